The predicted octanol–water partition coefficient (Wildman–Crippen LogP) is 1.46. The zero-order valence-corrected chi connectivity index (χ0v) is 12.8. The van der Waals surface area contributed by atoms with E-state index in [2.05, 4.69) is 4.90 Å². The molecule has 0 spiro atoms. The number of ketones is 1. The molecule has 0 aliphatic carbocycles. The van der Waals surface area contributed by atoms with Crippen LogP contribution in [0.4, 0.5) is 0 Å². The maximum absolute atomic E-state index is 12.4. The Labute approximate surface area is 116 Å². The number of likely N-dealkylation sites (tertiary alicyclic amines) is 1. The summed E-state index contributed by atoms with van der Waals surface area (Å²) in [4.78, 5) is 14.7. The third kappa shape index (κ3) is 2.86. The number of aliphatic hydroxyl groups excluding tert-OH is 1. The fourth-order valence-electron chi connectivity index (χ4n) is 3.50. The lowest BCUT2D eigenvalue weighted by Crippen LogP contribution is -2.40. The van der Waals surface area contributed by atoms with Crippen LogP contribution in [0.25, 0.3) is 0 Å². The van der Waals surface area contributed by atoms with E-state index >= 15 is 0 Å². The van der Waals surface area contributed by atoms with Crippen LogP contribution < -0.4 is 0 Å². The van der Waals surface area contributed by atoms with Crippen LogP contribution in [-0.4, -0.2) is 52.7 Å². The van der Waals surface area contributed by atoms with E-state index in [-0.39, 0.29) is 17.8 Å². The van der Waals surface area contributed by atoms with Crippen molar-refractivity contribution in [1.82, 2.24) is 4.90 Å². The van der Waals surface area contributed by atoms with Gasteiger partial charge in [0.05, 0.1) is 17.6 Å². The van der Waals surface area contributed by atoms with E-state index in [1.165, 1.54) is 0 Å². The molecule has 0 amide bonds. The molecule has 2 fully saturated rings. The molecule has 110 valence electrons. The second kappa shape index (κ2) is 4.83. The van der Waals surface area contributed by atoms with Crippen LogP contribution in [0.15, 0.2) is 0 Å². The van der Waals surface area contributed by atoms with Gasteiger partial charge in [0.15, 0.2) is 5.78 Å². The molecule has 1 N–H and O–H groups in total. The Morgan fingerprint density at radius 2 is 2.05 bits per heavy atom. The van der Waals surface area contributed by atoms with Crippen molar-refractivity contribution in [2.75, 3.05) is 19.6 Å². The highest BCUT2D eigenvalue weighted by Crippen LogP contribution is 2.40. The summed E-state index contributed by atoms with van der Waals surface area (Å²) in [7, 11) is 0. The van der Waals surface area contributed by atoms with E-state index in [1.54, 1.807) is 0 Å². The summed E-state index contributed by atoms with van der Waals surface area (Å²) in [5.41, 5.74) is -1.07. The van der Waals surface area contributed by atoms with Crippen molar-refractivity contribution in [3.63, 3.8) is 0 Å². The van der Waals surface area contributed by atoms with Crippen molar-refractivity contribution in [2.45, 2.75) is 58.3 Å². The Bertz CT molecular complexity index is 362. The highest BCUT2D eigenvalue weighted by Gasteiger charge is 2.53. The van der Waals surface area contributed by atoms with Crippen LogP contribution in [-0.2, 0) is 9.53 Å². The third-order valence-electron chi connectivity index (χ3n) is 4.70. The van der Waals surface area contributed by atoms with Crippen molar-refractivity contribution in [2.24, 2.45) is 11.8 Å². The summed E-state index contributed by atoms with van der Waals surface area (Å²) in [6.07, 6.45) is 0.758. The first-order chi connectivity index (χ1) is 8.63. The predicted molar refractivity (Wildman–Crippen MR) is 74.0 cm³/mol. The van der Waals surface area contributed by atoms with E-state index in [0.29, 0.717) is 5.92 Å². The minimum absolute atomic E-state index is 0.0738. The van der Waals surface area contributed by atoms with Crippen LogP contribution in [0, 0.1) is 11.8 Å². The maximum Gasteiger partial charge on any atom is 0.171 e. The molecule has 4 heteroatoms. The first kappa shape index (κ1) is 14.9. The van der Waals surface area contributed by atoms with Gasteiger partial charge in [-0.25, -0.2) is 0 Å². The summed E-state index contributed by atoms with van der Waals surface area (Å²) in [6.45, 7) is 12.2. The van der Waals surface area contributed by atoms with Gasteiger partial charge in [0.1, 0.15) is 5.60 Å². The first-order valence-corrected chi connectivity index (χ1v) is 7.28. The molecule has 19 heavy (non-hydrogen) atoms. The van der Waals surface area contributed by atoms with E-state index in [0.717, 1.165) is 26.1 Å². The first-order valence-electron chi connectivity index (χ1n) is 7.28. The maximum atomic E-state index is 12.4. The Morgan fingerprint density at radius 1 is 1.42 bits per heavy atom. The Morgan fingerprint density at radius 3 is 2.47 bits per heavy atom. The van der Waals surface area contributed by atoms with Gasteiger partial charge in [-0.2, -0.15) is 0 Å². The van der Waals surface area contributed by atoms with Crippen molar-refractivity contribution >= 4 is 5.78 Å². The lowest BCUT2D eigenvalue weighted by molar-refractivity contribution is -0.132. The van der Waals surface area contributed by atoms with Gasteiger partial charge in [-0.15, -0.1) is 0 Å². The van der Waals surface area contributed by atoms with Crippen LogP contribution in [0.1, 0.15) is 41.0 Å². The second-order valence-corrected chi connectivity index (χ2v) is 7.18. The van der Waals surface area contributed by atoms with Gasteiger partial charge in [0, 0.05) is 13.1 Å². The molecule has 2 saturated heterocycles. The van der Waals surface area contributed by atoms with Crippen molar-refractivity contribution in [3.8, 4) is 0 Å². The summed E-state index contributed by atoms with van der Waals surface area (Å²) >= 11 is 0. The Kier molecular flexibility index (Phi) is 3.80. The van der Waals surface area contributed by atoms with Gasteiger partial charge in [0.2, 0.25) is 0 Å². The molecule has 0 aromatic carbocycles. The molecule has 3 atom stereocenters. The van der Waals surface area contributed by atoms with Gasteiger partial charge in [-0.05, 0) is 53.5 Å². The molecular weight excluding hydrogens is 242 g/mol. The Balaban J connectivity index is 2.02. The second-order valence-electron chi connectivity index (χ2n) is 7.18. The molecule has 0 bridgehead atoms. The van der Waals surface area contributed by atoms with E-state index in [4.69, 9.17) is 4.74 Å². The average molecular weight is 269 g/mol. The molecule has 3 unspecified atom stereocenters. The highest BCUT2D eigenvalue weighted by atomic mass is 16.5. The van der Waals surface area contributed by atoms with Gasteiger partial charge < -0.3 is 14.7 Å². The highest BCUT2D eigenvalue weighted by molar-refractivity contribution is 5.91. The fourth-order valence-corrected chi connectivity index (χ4v) is 3.50. The largest absolute Gasteiger partial charge is 0.393 e. The van der Waals surface area contributed by atoms with Crippen LogP contribution >= 0.6 is 0 Å². The molecule has 2 heterocycles. The quantitative estimate of drug-likeness (QED) is 0.843. The average Bonchev–Trinajstić information content (AvgIpc) is 2.76. The van der Waals surface area contributed by atoms with Gasteiger partial charge in [0.25, 0.3) is 0 Å². The molecule has 2 rings (SSSR count). The SMILES string of the molecule is CC(O)C1CCN(CC2C(=O)C(C)(C)OC2(C)C)C1. The number of Topliss-reactive ketones (excluding diaryl/α,β-unsaturated/α-hetero) is 1. The van der Waals surface area contributed by atoms with E-state index in [1.807, 2.05) is 34.6 Å². The molecular formula is C15H27NO3. The summed E-state index contributed by atoms with van der Waals surface area (Å²) in [6, 6.07) is 0. The zero-order valence-electron chi connectivity index (χ0n) is 12.8. The van der Waals surface area contributed by atoms with Crippen molar-refractivity contribution < 1.29 is 14.6 Å². The number of aliphatic hydroxyl groups is 1. The van der Waals surface area contributed by atoms with E-state index < -0.39 is 11.2 Å². The van der Waals surface area contributed by atoms with Crippen LogP contribution in [0.5, 0.6) is 0 Å². The standard InChI is InChI=1S/C15H27NO3/c1-10(17)11-6-7-16(8-11)9-12-13(18)15(4,5)19-14(12,2)3/h10-12,17H,6-9H2,1-5H3. The number of carbonyl (C=O) groups is 1. The molecule has 2 aliphatic heterocycles. The summed E-state index contributed by atoms with van der Waals surface area (Å²) in [5, 5.41) is 9.65. The number of hydrogen-bond acceptors (Lipinski definition) is 4. The molecule has 0 saturated carbocycles. The molecule has 0 aromatic heterocycles. The van der Waals surface area contributed by atoms with Crippen molar-refractivity contribution in [1.29, 1.82) is 0 Å². The van der Waals surface area contributed by atoms with Crippen molar-refractivity contribution in [3.05, 3.63) is 0 Å². The van der Waals surface area contributed by atoms with Crippen LogP contribution in [0.2, 0.25) is 0 Å². The number of ether oxygens (including phenoxy) is 1. The monoisotopic (exact) mass is 269 g/mol. The topological polar surface area (TPSA) is 49.8 Å². The van der Waals surface area contributed by atoms with Gasteiger partial charge in [-0.1, -0.05) is 0 Å². The molecule has 0 aromatic rings. The number of rotatable bonds is 3. The number of nitrogens with zero attached hydrogens (tertiary/aromatic N) is 1. The van der Waals surface area contributed by atoms with Gasteiger partial charge in [-0.3, -0.25) is 4.79 Å². The smallest absolute Gasteiger partial charge is 0.171 e. The fraction of sp³-hybridized carbons (Fsp3) is 0.933. The number of hydrogen-bond donors (Lipinski definition) is 1. The zero-order chi connectivity index (χ0) is 14.4. The molecule has 2 aliphatic rings. The third-order valence-corrected chi connectivity index (χ3v) is 4.70. The van der Waals surface area contributed by atoms with Crippen LogP contribution in [0.3, 0.4) is 0 Å². The number of carbonyl (C=O) groups excluding carboxylic acids is 1. The van der Waals surface area contributed by atoms with Gasteiger partial charge >= 0.3 is 0 Å². The summed E-state index contributed by atoms with van der Waals surface area (Å²) in [5.74, 6) is 0.474. The molecule has 4 nitrogen and oxygen atoms in total. The van der Waals surface area contributed by atoms with E-state index in [9.17, 15) is 9.90 Å². The minimum atomic E-state index is -0.669. The minimum Gasteiger partial charge on any atom is -0.393 e. The Hall–Kier alpha value is -0.450. The lowest BCUT2D eigenvalue weighted by Gasteiger charge is -2.28. The summed E-state index contributed by atoms with van der Waals surface area (Å²) < 4.78 is 5.92. The molecule has 0 radical (unpaired) electrons. The lowest BCUT2D eigenvalue weighted by atomic mass is 9.85. The normalized spacial score (nSPS) is 35.8.